The van der Waals surface area contributed by atoms with Gasteiger partial charge in [-0.15, -0.1) is 0 Å². The average molecular weight is 372 g/mol. The fourth-order valence-corrected chi connectivity index (χ4v) is 2.77. The number of amides is 1. The van der Waals surface area contributed by atoms with Crippen LogP contribution in [0.25, 0.3) is 10.9 Å². The first-order chi connectivity index (χ1) is 11.1. The molecule has 0 bridgehead atoms. The summed E-state index contributed by atoms with van der Waals surface area (Å²) in [4.78, 5) is 21.0. The zero-order valence-electron chi connectivity index (χ0n) is 12.6. The van der Waals surface area contributed by atoms with Crippen molar-refractivity contribution in [1.29, 1.82) is 0 Å². The molecule has 0 atom stereocenters. The second-order valence-electron chi connectivity index (χ2n) is 5.03. The Morgan fingerprint density at radius 2 is 2.09 bits per heavy atom. The molecule has 3 rings (SSSR count). The number of fused-ring (bicyclic) bond motifs is 1. The molecule has 0 aliphatic carbocycles. The van der Waals surface area contributed by atoms with Crippen molar-refractivity contribution in [2.24, 2.45) is 0 Å². The van der Waals surface area contributed by atoms with E-state index in [0.717, 1.165) is 15.4 Å². The van der Waals surface area contributed by atoms with Crippen LogP contribution in [0, 0.1) is 6.92 Å². The van der Waals surface area contributed by atoms with Crippen molar-refractivity contribution in [3.8, 4) is 5.75 Å². The number of methoxy groups -OCH3 is 1. The summed E-state index contributed by atoms with van der Waals surface area (Å²) >= 11 is 3.39. The summed E-state index contributed by atoms with van der Waals surface area (Å²) in [6.07, 6.45) is 1.69. The number of ether oxygens (including phenoxy) is 1. The molecule has 2 heterocycles. The zero-order valence-corrected chi connectivity index (χ0v) is 14.2. The molecule has 0 radical (unpaired) electrons. The van der Waals surface area contributed by atoms with Crippen LogP contribution in [0.15, 0.2) is 47.1 Å². The molecule has 0 fully saturated rings. The van der Waals surface area contributed by atoms with Crippen LogP contribution in [0.3, 0.4) is 0 Å². The molecular formula is C17H14BrN3O2. The van der Waals surface area contributed by atoms with Gasteiger partial charge in [-0.3, -0.25) is 4.79 Å². The maximum Gasteiger partial charge on any atom is 0.275 e. The molecule has 0 aliphatic heterocycles. The topological polar surface area (TPSA) is 64.1 Å². The predicted molar refractivity (Wildman–Crippen MR) is 92.9 cm³/mol. The van der Waals surface area contributed by atoms with Gasteiger partial charge in [0.1, 0.15) is 22.8 Å². The lowest BCUT2D eigenvalue weighted by molar-refractivity contribution is 0.102. The standard InChI is InChI=1S/C17H14BrN3O2/c1-10-8-12(18)16(19-9-10)21-17(22)13-7-6-11-4-3-5-14(23-2)15(11)20-13/h3-9H,1-2H3,(H,19,21,22). The number of anilines is 1. The van der Waals surface area contributed by atoms with E-state index in [9.17, 15) is 4.79 Å². The second-order valence-corrected chi connectivity index (χ2v) is 5.88. The molecule has 3 aromatic rings. The van der Waals surface area contributed by atoms with Crippen LogP contribution in [0.1, 0.15) is 16.1 Å². The van der Waals surface area contributed by atoms with Crippen molar-refractivity contribution >= 4 is 38.6 Å². The van der Waals surface area contributed by atoms with E-state index in [0.29, 0.717) is 22.8 Å². The van der Waals surface area contributed by atoms with Gasteiger partial charge < -0.3 is 10.1 Å². The Hall–Kier alpha value is -2.47. The summed E-state index contributed by atoms with van der Waals surface area (Å²) < 4.78 is 6.02. The van der Waals surface area contributed by atoms with E-state index >= 15 is 0 Å². The first-order valence-electron chi connectivity index (χ1n) is 6.96. The molecule has 1 N–H and O–H groups in total. The normalized spacial score (nSPS) is 10.6. The highest BCUT2D eigenvalue weighted by Crippen LogP contribution is 2.24. The summed E-state index contributed by atoms with van der Waals surface area (Å²) in [5.74, 6) is 0.768. The number of nitrogens with zero attached hydrogens (tertiary/aromatic N) is 2. The van der Waals surface area contributed by atoms with Crippen LogP contribution < -0.4 is 10.1 Å². The summed E-state index contributed by atoms with van der Waals surface area (Å²) in [5.41, 5.74) is 1.96. The monoisotopic (exact) mass is 371 g/mol. The fraction of sp³-hybridized carbons (Fsp3) is 0.118. The first-order valence-corrected chi connectivity index (χ1v) is 7.75. The number of benzene rings is 1. The highest BCUT2D eigenvalue weighted by Gasteiger charge is 2.13. The van der Waals surface area contributed by atoms with E-state index in [1.54, 1.807) is 19.4 Å². The van der Waals surface area contributed by atoms with Gasteiger partial charge in [-0.1, -0.05) is 18.2 Å². The number of hydrogen-bond acceptors (Lipinski definition) is 4. The molecular weight excluding hydrogens is 358 g/mol. The van der Waals surface area contributed by atoms with E-state index in [2.05, 4.69) is 31.2 Å². The maximum atomic E-state index is 12.4. The minimum Gasteiger partial charge on any atom is -0.494 e. The highest BCUT2D eigenvalue weighted by molar-refractivity contribution is 9.10. The lowest BCUT2D eigenvalue weighted by Crippen LogP contribution is -2.15. The van der Waals surface area contributed by atoms with Crippen molar-refractivity contribution in [2.45, 2.75) is 6.92 Å². The number of aryl methyl sites for hydroxylation is 1. The van der Waals surface area contributed by atoms with Crippen LogP contribution in [0.4, 0.5) is 5.82 Å². The smallest absolute Gasteiger partial charge is 0.275 e. The molecule has 0 spiro atoms. The molecule has 23 heavy (non-hydrogen) atoms. The van der Waals surface area contributed by atoms with Crippen molar-refractivity contribution in [3.63, 3.8) is 0 Å². The number of aromatic nitrogens is 2. The summed E-state index contributed by atoms with van der Waals surface area (Å²) in [6.45, 7) is 1.93. The number of carbonyl (C=O) groups is 1. The number of nitrogens with one attached hydrogen (secondary N) is 1. The molecule has 116 valence electrons. The number of rotatable bonds is 3. The quantitative estimate of drug-likeness (QED) is 0.756. The van der Waals surface area contributed by atoms with E-state index in [4.69, 9.17) is 4.74 Å². The van der Waals surface area contributed by atoms with Gasteiger partial charge in [0, 0.05) is 11.6 Å². The molecule has 0 saturated carbocycles. The zero-order chi connectivity index (χ0) is 16.4. The van der Waals surface area contributed by atoms with Crippen molar-refractivity contribution in [1.82, 2.24) is 9.97 Å². The van der Waals surface area contributed by atoms with E-state index in [-0.39, 0.29) is 5.91 Å². The van der Waals surface area contributed by atoms with Crippen LogP contribution in [0.2, 0.25) is 0 Å². The third kappa shape index (κ3) is 3.17. The third-order valence-corrected chi connectivity index (χ3v) is 3.95. The molecule has 0 aliphatic rings. The van der Waals surface area contributed by atoms with Crippen molar-refractivity contribution in [2.75, 3.05) is 12.4 Å². The van der Waals surface area contributed by atoms with E-state index in [1.807, 2.05) is 37.3 Å². The Morgan fingerprint density at radius 1 is 1.26 bits per heavy atom. The predicted octanol–water partition coefficient (Wildman–Crippen LogP) is 3.96. The Kier molecular flexibility index (Phi) is 4.25. The maximum absolute atomic E-state index is 12.4. The molecule has 0 saturated heterocycles. The Labute approximate surface area is 141 Å². The second kappa shape index (κ2) is 6.34. The van der Waals surface area contributed by atoms with Gasteiger partial charge >= 0.3 is 0 Å². The molecule has 0 unspecified atom stereocenters. The van der Waals surface area contributed by atoms with Crippen LogP contribution in [-0.4, -0.2) is 23.0 Å². The molecule has 2 aromatic heterocycles. The highest BCUT2D eigenvalue weighted by atomic mass is 79.9. The summed E-state index contributed by atoms with van der Waals surface area (Å²) in [5, 5.41) is 3.67. The first kappa shape index (κ1) is 15.4. The van der Waals surface area contributed by atoms with Gasteiger partial charge in [0.25, 0.3) is 5.91 Å². The lowest BCUT2D eigenvalue weighted by Gasteiger charge is -2.08. The van der Waals surface area contributed by atoms with Gasteiger partial charge in [-0.05, 0) is 46.6 Å². The number of hydrogen-bond donors (Lipinski definition) is 1. The Morgan fingerprint density at radius 3 is 2.83 bits per heavy atom. The minimum atomic E-state index is -0.324. The van der Waals surface area contributed by atoms with Gasteiger partial charge in [-0.25, -0.2) is 9.97 Å². The lowest BCUT2D eigenvalue weighted by atomic mass is 10.2. The van der Waals surface area contributed by atoms with Crippen LogP contribution >= 0.6 is 15.9 Å². The van der Waals surface area contributed by atoms with E-state index < -0.39 is 0 Å². The third-order valence-electron chi connectivity index (χ3n) is 3.35. The van der Waals surface area contributed by atoms with Gasteiger partial charge in [0.2, 0.25) is 0 Å². The van der Waals surface area contributed by atoms with Crippen LogP contribution in [-0.2, 0) is 0 Å². The summed E-state index contributed by atoms with van der Waals surface area (Å²) in [6, 6.07) is 11.0. The Bertz CT molecular complexity index is 896. The number of pyridine rings is 2. The SMILES string of the molecule is COc1cccc2ccc(C(=O)Nc3ncc(C)cc3Br)nc12. The molecule has 1 amide bonds. The Balaban J connectivity index is 1.94. The van der Waals surface area contributed by atoms with Gasteiger partial charge in [0.05, 0.1) is 11.6 Å². The van der Waals surface area contributed by atoms with Crippen molar-refractivity contribution < 1.29 is 9.53 Å². The largest absolute Gasteiger partial charge is 0.494 e. The van der Waals surface area contributed by atoms with Gasteiger partial charge in [-0.2, -0.15) is 0 Å². The number of halogens is 1. The van der Waals surface area contributed by atoms with E-state index in [1.165, 1.54) is 0 Å². The summed E-state index contributed by atoms with van der Waals surface area (Å²) in [7, 11) is 1.58. The molecule has 1 aromatic carbocycles. The number of carbonyl (C=O) groups excluding carboxylic acids is 1. The average Bonchev–Trinajstić information content (AvgIpc) is 2.56. The van der Waals surface area contributed by atoms with Crippen molar-refractivity contribution in [3.05, 3.63) is 58.3 Å². The molecule has 5 nitrogen and oxygen atoms in total. The molecule has 6 heteroatoms. The van der Waals surface area contributed by atoms with Gasteiger partial charge in [0.15, 0.2) is 0 Å². The van der Waals surface area contributed by atoms with Crippen LogP contribution in [0.5, 0.6) is 5.75 Å². The minimum absolute atomic E-state index is 0.302. The number of para-hydroxylation sites is 1. The fourth-order valence-electron chi connectivity index (χ4n) is 2.21.